The molecule has 0 saturated carbocycles. The van der Waals surface area contributed by atoms with Gasteiger partial charge in [-0.25, -0.2) is 0 Å². The second-order valence-electron chi connectivity index (χ2n) is 5.24. The molecule has 2 rings (SSSR count). The van der Waals surface area contributed by atoms with Gasteiger partial charge in [0.15, 0.2) is 0 Å². The second kappa shape index (κ2) is 6.78. The van der Waals surface area contributed by atoms with Crippen LogP contribution in [0.2, 0.25) is 0 Å². The maximum absolute atomic E-state index is 5.27. The fraction of sp³-hybridized carbons (Fsp3) is 0.600. The first-order valence-corrected chi connectivity index (χ1v) is 7.00. The van der Waals surface area contributed by atoms with Crippen LogP contribution in [0.25, 0.3) is 0 Å². The van der Waals surface area contributed by atoms with Gasteiger partial charge < -0.3 is 20.3 Å². The summed E-state index contributed by atoms with van der Waals surface area (Å²) < 4.78 is 5.27. The number of anilines is 1. The topological polar surface area (TPSA) is 36.5 Å². The van der Waals surface area contributed by atoms with Crippen LogP contribution in [-0.4, -0.2) is 51.3 Å². The second-order valence-corrected chi connectivity index (χ2v) is 5.24. The third kappa shape index (κ3) is 3.85. The Labute approximate surface area is 116 Å². The zero-order valence-electron chi connectivity index (χ0n) is 12.2. The number of benzene rings is 1. The van der Waals surface area contributed by atoms with Gasteiger partial charge in [-0.2, -0.15) is 0 Å². The molecule has 1 aromatic carbocycles. The van der Waals surface area contributed by atoms with Crippen molar-refractivity contribution in [2.24, 2.45) is 0 Å². The molecule has 106 valence electrons. The summed E-state index contributed by atoms with van der Waals surface area (Å²) in [6.07, 6.45) is 1.16. The molecule has 4 heteroatoms. The SMILES string of the molecule is COc1ccc(NCCC2CNCCN2C)cc1C. The molecule has 19 heavy (non-hydrogen) atoms. The number of piperazine rings is 1. The third-order valence-corrected chi connectivity index (χ3v) is 3.85. The summed E-state index contributed by atoms with van der Waals surface area (Å²) in [5, 5.41) is 6.95. The van der Waals surface area contributed by atoms with E-state index in [0.29, 0.717) is 6.04 Å². The Balaban J connectivity index is 1.80. The molecule has 0 bridgehead atoms. The van der Waals surface area contributed by atoms with Crippen LogP contribution in [0.5, 0.6) is 5.75 Å². The molecule has 0 aromatic heterocycles. The van der Waals surface area contributed by atoms with Crippen LogP contribution in [0.4, 0.5) is 5.69 Å². The van der Waals surface area contributed by atoms with Gasteiger partial charge in [-0.1, -0.05) is 0 Å². The molecule has 0 amide bonds. The number of hydrogen-bond donors (Lipinski definition) is 2. The summed E-state index contributed by atoms with van der Waals surface area (Å²) in [7, 11) is 3.92. The highest BCUT2D eigenvalue weighted by atomic mass is 16.5. The van der Waals surface area contributed by atoms with E-state index in [2.05, 4.69) is 41.6 Å². The van der Waals surface area contributed by atoms with Crippen molar-refractivity contribution < 1.29 is 4.74 Å². The lowest BCUT2D eigenvalue weighted by atomic mass is 10.1. The Hall–Kier alpha value is -1.26. The van der Waals surface area contributed by atoms with Crippen molar-refractivity contribution in [1.82, 2.24) is 10.2 Å². The number of nitrogens with one attached hydrogen (secondary N) is 2. The Bertz CT molecular complexity index is 408. The number of aryl methyl sites for hydroxylation is 1. The average Bonchev–Trinajstić information content (AvgIpc) is 2.41. The van der Waals surface area contributed by atoms with E-state index < -0.39 is 0 Å². The lowest BCUT2D eigenvalue weighted by Crippen LogP contribution is -2.49. The van der Waals surface area contributed by atoms with Crippen molar-refractivity contribution >= 4 is 5.69 Å². The quantitative estimate of drug-likeness (QED) is 0.848. The molecule has 1 saturated heterocycles. The minimum absolute atomic E-state index is 0.639. The van der Waals surface area contributed by atoms with Gasteiger partial charge in [-0.15, -0.1) is 0 Å². The van der Waals surface area contributed by atoms with Gasteiger partial charge in [-0.3, -0.25) is 0 Å². The summed E-state index contributed by atoms with van der Waals surface area (Å²) in [4.78, 5) is 2.44. The van der Waals surface area contributed by atoms with Gasteiger partial charge in [0.1, 0.15) is 5.75 Å². The minimum atomic E-state index is 0.639. The molecule has 0 radical (unpaired) electrons. The van der Waals surface area contributed by atoms with Gasteiger partial charge in [0.05, 0.1) is 7.11 Å². The van der Waals surface area contributed by atoms with E-state index in [9.17, 15) is 0 Å². The van der Waals surface area contributed by atoms with E-state index in [1.165, 1.54) is 11.3 Å². The van der Waals surface area contributed by atoms with Crippen molar-refractivity contribution in [3.8, 4) is 5.75 Å². The first-order valence-electron chi connectivity index (χ1n) is 7.00. The highest BCUT2D eigenvalue weighted by molar-refractivity contribution is 5.50. The lowest BCUT2D eigenvalue weighted by Gasteiger charge is -2.33. The number of ether oxygens (including phenoxy) is 1. The molecule has 1 aromatic rings. The number of rotatable bonds is 5. The predicted molar refractivity (Wildman–Crippen MR) is 80.1 cm³/mol. The van der Waals surface area contributed by atoms with E-state index in [1.54, 1.807) is 7.11 Å². The van der Waals surface area contributed by atoms with E-state index >= 15 is 0 Å². The zero-order chi connectivity index (χ0) is 13.7. The van der Waals surface area contributed by atoms with Crippen molar-refractivity contribution in [2.45, 2.75) is 19.4 Å². The molecule has 1 aliphatic heterocycles. The van der Waals surface area contributed by atoms with Crippen LogP contribution in [0, 0.1) is 6.92 Å². The monoisotopic (exact) mass is 263 g/mol. The highest BCUT2D eigenvalue weighted by Gasteiger charge is 2.17. The van der Waals surface area contributed by atoms with E-state index in [0.717, 1.165) is 38.3 Å². The summed E-state index contributed by atoms with van der Waals surface area (Å²) >= 11 is 0. The van der Waals surface area contributed by atoms with Crippen LogP contribution >= 0.6 is 0 Å². The zero-order valence-corrected chi connectivity index (χ0v) is 12.2. The first-order chi connectivity index (χ1) is 9.20. The normalized spacial score (nSPS) is 20.3. The van der Waals surface area contributed by atoms with Gasteiger partial charge in [0.25, 0.3) is 0 Å². The molecule has 0 aliphatic carbocycles. The molecule has 1 heterocycles. The van der Waals surface area contributed by atoms with Crippen molar-refractivity contribution in [3.63, 3.8) is 0 Å². The number of methoxy groups -OCH3 is 1. The minimum Gasteiger partial charge on any atom is -0.496 e. The van der Waals surface area contributed by atoms with Gasteiger partial charge in [0, 0.05) is 37.9 Å². The number of hydrogen-bond acceptors (Lipinski definition) is 4. The Morgan fingerprint density at radius 2 is 2.32 bits per heavy atom. The Morgan fingerprint density at radius 1 is 1.47 bits per heavy atom. The largest absolute Gasteiger partial charge is 0.496 e. The first kappa shape index (κ1) is 14.2. The fourth-order valence-corrected chi connectivity index (χ4v) is 2.56. The van der Waals surface area contributed by atoms with Crippen molar-refractivity contribution in [1.29, 1.82) is 0 Å². The number of nitrogens with zero attached hydrogens (tertiary/aromatic N) is 1. The summed E-state index contributed by atoms with van der Waals surface area (Å²) in [5.74, 6) is 0.946. The highest BCUT2D eigenvalue weighted by Crippen LogP contribution is 2.21. The molecule has 1 atom stereocenters. The van der Waals surface area contributed by atoms with Crippen molar-refractivity contribution in [3.05, 3.63) is 23.8 Å². The fourth-order valence-electron chi connectivity index (χ4n) is 2.56. The average molecular weight is 263 g/mol. The summed E-state index contributed by atoms with van der Waals surface area (Å²) in [6.45, 7) is 6.43. The summed E-state index contributed by atoms with van der Waals surface area (Å²) in [5.41, 5.74) is 2.34. The van der Waals surface area contributed by atoms with E-state index in [1.807, 2.05) is 6.07 Å². The Kier molecular flexibility index (Phi) is 5.05. The van der Waals surface area contributed by atoms with Gasteiger partial charge in [0.2, 0.25) is 0 Å². The molecule has 4 nitrogen and oxygen atoms in total. The van der Waals surface area contributed by atoms with Crippen LogP contribution in [-0.2, 0) is 0 Å². The Morgan fingerprint density at radius 3 is 3.00 bits per heavy atom. The van der Waals surface area contributed by atoms with Crippen LogP contribution in [0.15, 0.2) is 18.2 Å². The molecule has 2 N–H and O–H groups in total. The lowest BCUT2D eigenvalue weighted by molar-refractivity contribution is 0.194. The predicted octanol–water partition coefficient (Wildman–Crippen LogP) is 1.71. The van der Waals surface area contributed by atoms with E-state index in [-0.39, 0.29) is 0 Å². The molecule has 0 spiro atoms. The molecular weight excluding hydrogens is 238 g/mol. The smallest absolute Gasteiger partial charge is 0.121 e. The standard InChI is InChI=1S/C15H25N3O/c1-12-10-13(4-5-15(12)19-3)17-7-6-14-11-16-8-9-18(14)2/h4-5,10,14,16-17H,6-9,11H2,1-3H3. The summed E-state index contributed by atoms with van der Waals surface area (Å²) in [6, 6.07) is 6.88. The number of likely N-dealkylation sites (N-methyl/N-ethyl adjacent to an activating group) is 1. The maximum atomic E-state index is 5.27. The maximum Gasteiger partial charge on any atom is 0.121 e. The van der Waals surface area contributed by atoms with Crippen LogP contribution in [0.3, 0.4) is 0 Å². The third-order valence-electron chi connectivity index (χ3n) is 3.85. The van der Waals surface area contributed by atoms with Crippen LogP contribution in [0.1, 0.15) is 12.0 Å². The van der Waals surface area contributed by atoms with Gasteiger partial charge in [-0.05, 0) is 44.2 Å². The molecule has 1 fully saturated rings. The van der Waals surface area contributed by atoms with Crippen LogP contribution < -0.4 is 15.4 Å². The molecular formula is C15H25N3O. The van der Waals surface area contributed by atoms with Crippen molar-refractivity contribution in [2.75, 3.05) is 45.7 Å². The molecule has 1 unspecified atom stereocenters. The van der Waals surface area contributed by atoms with Gasteiger partial charge >= 0.3 is 0 Å². The van der Waals surface area contributed by atoms with E-state index in [4.69, 9.17) is 4.74 Å². The molecule has 1 aliphatic rings.